The first-order valence-corrected chi connectivity index (χ1v) is 16.4. The first-order chi connectivity index (χ1) is 23.0. The van der Waals surface area contributed by atoms with Crippen molar-refractivity contribution in [3.8, 4) is 0 Å². The number of aliphatic carboxylic acids is 2. The molecule has 13 heteroatoms. The predicted octanol–water partition coefficient (Wildman–Crippen LogP) is 5.44. The fraction of sp³-hybridized carbons (Fsp3) is 0.429. The highest BCUT2D eigenvalue weighted by molar-refractivity contribution is 6.22. The number of aromatic nitrogens is 2. The third-order valence-electron chi connectivity index (χ3n) is 8.48. The second kappa shape index (κ2) is 16.7. The minimum Gasteiger partial charge on any atom is -0.478 e. The van der Waals surface area contributed by atoms with Gasteiger partial charge < -0.3 is 20.0 Å². The number of amides is 2. The number of carbonyl (C=O) groups excluding carboxylic acids is 3. The van der Waals surface area contributed by atoms with Gasteiger partial charge in [0.15, 0.2) is 5.82 Å². The van der Waals surface area contributed by atoms with Crippen molar-refractivity contribution in [1.29, 1.82) is 0 Å². The second-order valence-electron chi connectivity index (χ2n) is 11.8. The Labute approximate surface area is 278 Å². The number of carbonyl (C=O) groups is 5. The minimum atomic E-state index is -1.26. The SMILES string of the molecule is CCCCCCCCCC(=O)n1nc(N2CCN(c3ccc4c(c3CC)C(=O)NC4=O)CC2)c2ccc(F)cc21.O=C(O)/C=C\C(=O)O. The third kappa shape index (κ3) is 8.64. The van der Waals surface area contributed by atoms with Gasteiger partial charge in [0.25, 0.3) is 11.8 Å². The lowest BCUT2D eigenvalue weighted by atomic mass is 9.97. The van der Waals surface area contributed by atoms with E-state index in [0.717, 1.165) is 35.9 Å². The molecule has 0 spiro atoms. The Morgan fingerprint density at radius 3 is 2.10 bits per heavy atom. The number of carboxylic acids is 2. The molecular weight excluding hydrogens is 621 g/mol. The Balaban J connectivity index is 0.000000579. The molecule has 48 heavy (non-hydrogen) atoms. The molecule has 3 N–H and O–H groups in total. The Hall–Kier alpha value is -5.07. The number of hydrogen-bond donors (Lipinski definition) is 3. The molecule has 1 saturated heterocycles. The van der Waals surface area contributed by atoms with Crippen LogP contribution >= 0.6 is 0 Å². The van der Waals surface area contributed by atoms with Crippen molar-refractivity contribution >= 4 is 52.1 Å². The van der Waals surface area contributed by atoms with Crippen LogP contribution in [0, 0.1) is 5.82 Å². The Morgan fingerprint density at radius 2 is 1.48 bits per heavy atom. The van der Waals surface area contributed by atoms with Gasteiger partial charge in [0, 0.05) is 61.9 Å². The molecular formula is C35H42FN5O7. The summed E-state index contributed by atoms with van der Waals surface area (Å²) in [6.07, 6.45) is 10.0. The highest BCUT2D eigenvalue weighted by atomic mass is 19.1. The average molecular weight is 664 g/mol. The van der Waals surface area contributed by atoms with Crippen LogP contribution in [0.25, 0.3) is 10.9 Å². The van der Waals surface area contributed by atoms with Crippen LogP contribution in [0.3, 0.4) is 0 Å². The number of imide groups is 1. The van der Waals surface area contributed by atoms with Crippen molar-refractivity contribution in [2.45, 2.75) is 71.6 Å². The molecule has 0 atom stereocenters. The van der Waals surface area contributed by atoms with Crippen molar-refractivity contribution < 1.29 is 38.6 Å². The van der Waals surface area contributed by atoms with Gasteiger partial charge in [-0.1, -0.05) is 52.4 Å². The van der Waals surface area contributed by atoms with Gasteiger partial charge in [-0.3, -0.25) is 19.7 Å². The van der Waals surface area contributed by atoms with Gasteiger partial charge in [0.05, 0.1) is 16.6 Å². The van der Waals surface area contributed by atoms with Crippen molar-refractivity contribution in [2.24, 2.45) is 0 Å². The largest absolute Gasteiger partial charge is 0.478 e. The molecule has 5 rings (SSSR count). The maximum Gasteiger partial charge on any atom is 0.328 e. The molecule has 256 valence electrons. The summed E-state index contributed by atoms with van der Waals surface area (Å²) in [5, 5.41) is 23.5. The van der Waals surface area contributed by atoms with E-state index >= 15 is 0 Å². The number of hydrogen-bond acceptors (Lipinski definition) is 8. The lowest BCUT2D eigenvalue weighted by molar-refractivity contribution is -0.134. The third-order valence-corrected chi connectivity index (χ3v) is 8.48. The van der Waals surface area contributed by atoms with Crippen molar-refractivity contribution in [3.63, 3.8) is 0 Å². The van der Waals surface area contributed by atoms with Gasteiger partial charge in [-0.25, -0.2) is 14.0 Å². The van der Waals surface area contributed by atoms with E-state index in [2.05, 4.69) is 22.0 Å². The Bertz CT molecular complexity index is 1690. The fourth-order valence-corrected chi connectivity index (χ4v) is 6.11. The van der Waals surface area contributed by atoms with E-state index in [-0.39, 0.29) is 23.5 Å². The van der Waals surface area contributed by atoms with E-state index in [1.807, 2.05) is 13.0 Å². The van der Waals surface area contributed by atoms with Crippen molar-refractivity contribution in [2.75, 3.05) is 36.0 Å². The fourth-order valence-electron chi connectivity index (χ4n) is 6.11. The number of benzene rings is 2. The van der Waals surface area contributed by atoms with E-state index in [0.29, 0.717) is 73.6 Å². The molecule has 3 aromatic rings. The molecule has 2 amide bonds. The van der Waals surface area contributed by atoms with E-state index in [1.54, 1.807) is 12.1 Å². The molecule has 12 nitrogen and oxygen atoms in total. The van der Waals surface area contributed by atoms with Crippen LogP contribution in [0.2, 0.25) is 0 Å². The van der Waals surface area contributed by atoms with Crippen LogP contribution in [-0.2, 0) is 16.0 Å². The van der Waals surface area contributed by atoms with Gasteiger partial charge in [-0.15, -0.1) is 5.10 Å². The van der Waals surface area contributed by atoms with E-state index in [1.165, 1.54) is 42.5 Å². The molecule has 1 fully saturated rings. The molecule has 0 radical (unpaired) electrons. The molecule has 0 unspecified atom stereocenters. The van der Waals surface area contributed by atoms with Crippen LogP contribution in [0.15, 0.2) is 42.5 Å². The van der Waals surface area contributed by atoms with Crippen LogP contribution < -0.4 is 15.1 Å². The molecule has 1 aromatic heterocycles. The maximum absolute atomic E-state index is 14.2. The molecule has 0 saturated carbocycles. The number of carboxylic acid groups (broad SMARTS) is 2. The smallest absolute Gasteiger partial charge is 0.328 e. The molecule has 0 bridgehead atoms. The normalized spacial score (nSPS) is 14.2. The monoisotopic (exact) mass is 663 g/mol. The number of nitrogens with one attached hydrogen (secondary N) is 1. The number of unbranched alkanes of at least 4 members (excludes halogenated alkanes) is 6. The summed E-state index contributed by atoms with van der Waals surface area (Å²) >= 11 is 0. The Morgan fingerprint density at radius 1 is 0.854 bits per heavy atom. The zero-order chi connectivity index (χ0) is 34.8. The van der Waals surface area contributed by atoms with E-state index < -0.39 is 11.9 Å². The zero-order valence-electron chi connectivity index (χ0n) is 27.3. The van der Waals surface area contributed by atoms with Gasteiger partial charge in [0.2, 0.25) is 5.91 Å². The summed E-state index contributed by atoms with van der Waals surface area (Å²) < 4.78 is 15.6. The standard InChI is InChI=1S/C31H38FN5O3.C4H4O4/c1-3-5-6-7-8-9-10-11-27(38)37-26-20-21(32)12-13-23(26)29(34-37)36-18-16-35(17-19-36)25-15-14-24-28(22(25)4-2)31(40)33-30(24)39;5-3(6)1-2-4(7)8/h12-15,20H,3-11,16-19H2,1-2H3,(H,33,39,40);1-2H,(H,5,6)(H,7,8)/b;2-1-. The molecule has 2 aliphatic heterocycles. The Kier molecular flexibility index (Phi) is 12.4. The first-order valence-electron chi connectivity index (χ1n) is 16.4. The number of halogens is 1. The van der Waals surface area contributed by atoms with Crippen LogP contribution in [0.1, 0.15) is 96.3 Å². The molecule has 3 heterocycles. The summed E-state index contributed by atoms with van der Waals surface area (Å²) in [5.41, 5.74) is 3.28. The number of nitrogens with zero attached hydrogens (tertiary/aromatic N) is 4. The molecule has 2 aliphatic rings. The lowest BCUT2D eigenvalue weighted by Crippen LogP contribution is -2.47. The first kappa shape index (κ1) is 35.8. The summed E-state index contributed by atoms with van der Waals surface area (Å²) in [7, 11) is 0. The highest BCUT2D eigenvalue weighted by Gasteiger charge is 2.32. The maximum atomic E-state index is 14.2. The molecule has 2 aromatic carbocycles. The van der Waals surface area contributed by atoms with E-state index in [4.69, 9.17) is 15.3 Å². The average Bonchev–Trinajstić information content (AvgIpc) is 3.59. The van der Waals surface area contributed by atoms with Crippen molar-refractivity contribution in [1.82, 2.24) is 15.1 Å². The number of rotatable bonds is 13. The van der Waals surface area contributed by atoms with Crippen LogP contribution in [0.4, 0.5) is 15.9 Å². The van der Waals surface area contributed by atoms with Gasteiger partial charge in [0.1, 0.15) is 5.82 Å². The van der Waals surface area contributed by atoms with Crippen molar-refractivity contribution in [3.05, 3.63) is 65.0 Å². The highest BCUT2D eigenvalue weighted by Crippen LogP contribution is 2.33. The predicted molar refractivity (Wildman–Crippen MR) is 179 cm³/mol. The summed E-state index contributed by atoms with van der Waals surface area (Å²) in [5.74, 6) is -2.99. The van der Waals surface area contributed by atoms with Gasteiger partial charge in [-0.05, 0) is 42.7 Å². The quantitative estimate of drug-likeness (QED) is 0.122. The summed E-state index contributed by atoms with van der Waals surface area (Å²) in [6, 6.07) is 8.19. The summed E-state index contributed by atoms with van der Waals surface area (Å²) in [4.78, 5) is 61.2. The lowest BCUT2D eigenvalue weighted by Gasteiger charge is -2.37. The van der Waals surface area contributed by atoms with Gasteiger partial charge >= 0.3 is 11.9 Å². The number of piperazine rings is 1. The minimum absolute atomic E-state index is 0.104. The number of fused-ring (bicyclic) bond motifs is 2. The topological polar surface area (TPSA) is 162 Å². The summed E-state index contributed by atoms with van der Waals surface area (Å²) in [6.45, 7) is 6.87. The van der Waals surface area contributed by atoms with Gasteiger partial charge in [-0.2, -0.15) is 4.68 Å². The second-order valence-corrected chi connectivity index (χ2v) is 11.8. The van der Waals surface area contributed by atoms with Crippen LogP contribution in [0.5, 0.6) is 0 Å². The molecule has 0 aliphatic carbocycles. The number of anilines is 2. The zero-order valence-corrected chi connectivity index (χ0v) is 27.3. The van der Waals surface area contributed by atoms with Crippen LogP contribution in [-0.4, -0.2) is 75.8 Å². The van der Waals surface area contributed by atoms with E-state index in [9.17, 15) is 28.4 Å².